The second-order valence-corrected chi connectivity index (χ2v) is 14.0. The number of nitrogens with one attached hydrogen (secondary N) is 5. The molecule has 0 fully saturated rings. The van der Waals surface area contributed by atoms with Gasteiger partial charge in [-0.3, -0.25) is 0 Å². The van der Waals surface area contributed by atoms with E-state index >= 15 is 0 Å². The minimum Gasteiger partial charge on any atom is -0.462 e. The van der Waals surface area contributed by atoms with Crippen molar-refractivity contribution in [1.29, 1.82) is 0 Å². The quantitative estimate of drug-likeness (QED) is 0.0293. The number of amides is 6. The van der Waals surface area contributed by atoms with Crippen molar-refractivity contribution in [2.24, 2.45) is 5.73 Å². The number of anilines is 6. The van der Waals surface area contributed by atoms with E-state index < -0.39 is 36.0 Å². The van der Waals surface area contributed by atoms with Crippen LogP contribution in [0.4, 0.5) is 48.5 Å². The van der Waals surface area contributed by atoms with E-state index in [0.29, 0.717) is 46.8 Å². The van der Waals surface area contributed by atoms with Gasteiger partial charge < -0.3 is 63.7 Å². The number of esters is 3. The summed E-state index contributed by atoms with van der Waals surface area (Å²) in [5, 5.41) is 13.8. The molecule has 6 amide bonds. The highest BCUT2D eigenvalue weighted by Gasteiger charge is 2.22. The molecule has 0 aromatic heterocycles. The fraction of sp³-hybridized carbons (Fsp3) is 0.348. The summed E-state index contributed by atoms with van der Waals surface area (Å²) < 4.78 is 14.8. The lowest BCUT2D eigenvalue weighted by molar-refractivity contribution is 0.0517. The van der Waals surface area contributed by atoms with Crippen LogP contribution in [0.25, 0.3) is 0 Å². The van der Waals surface area contributed by atoms with Gasteiger partial charge in [-0.15, -0.1) is 0 Å². The van der Waals surface area contributed by atoms with Crippen molar-refractivity contribution in [2.45, 2.75) is 87.2 Å². The molecule has 0 atom stereocenters. The van der Waals surface area contributed by atoms with Crippen molar-refractivity contribution in [1.82, 2.24) is 10.6 Å². The van der Waals surface area contributed by atoms with Crippen LogP contribution in [0.15, 0.2) is 54.6 Å². The maximum Gasteiger partial charge on any atom is 0.338 e. The minimum atomic E-state index is -0.712. The predicted molar refractivity (Wildman–Crippen MR) is 249 cm³/mol. The molecule has 4 aromatic carbocycles. The second-order valence-electron chi connectivity index (χ2n) is 14.0. The van der Waals surface area contributed by atoms with Crippen LogP contribution in [0.2, 0.25) is 0 Å². The molecule has 0 saturated heterocycles. The molecule has 64 heavy (non-hydrogen) atoms. The van der Waals surface area contributed by atoms with E-state index in [1.807, 2.05) is 0 Å². The SMILES string of the molecule is CCOC(=O)c1ccc(NC(=O)NCc2c(CC)c(CC)c(CC)c(CNC(=O)Nc3ccc(C(=O)OCC)cc3N)c2CC)c(N)c1.CCOC(=O)c1ccc(NC(N)=O)c(N)c1. The van der Waals surface area contributed by atoms with Crippen LogP contribution in [-0.4, -0.2) is 55.8 Å². The molecule has 0 unspecified atom stereocenters. The molecule has 344 valence electrons. The number of nitrogen functional groups attached to an aromatic ring is 3. The number of hydrogen-bond donors (Lipinski definition) is 9. The van der Waals surface area contributed by atoms with Crippen LogP contribution >= 0.6 is 0 Å². The largest absolute Gasteiger partial charge is 0.462 e. The Balaban J connectivity index is 0.000000571. The molecule has 0 spiro atoms. The average molecular weight is 884 g/mol. The van der Waals surface area contributed by atoms with Crippen LogP contribution in [0, 0.1) is 0 Å². The highest BCUT2D eigenvalue weighted by molar-refractivity contribution is 5.98. The molecule has 0 aliphatic carbocycles. The number of carbonyl (C=O) groups excluding carboxylic acids is 6. The van der Waals surface area contributed by atoms with Crippen LogP contribution < -0.4 is 49.5 Å². The summed E-state index contributed by atoms with van der Waals surface area (Å²) in [6.45, 7) is 14.8. The van der Waals surface area contributed by atoms with Gasteiger partial charge in [-0.25, -0.2) is 28.8 Å². The van der Waals surface area contributed by atoms with Crippen LogP contribution in [0.3, 0.4) is 0 Å². The van der Waals surface area contributed by atoms with Crippen molar-refractivity contribution in [3.63, 3.8) is 0 Å². The lowest BCUT2D eigenvalue weighted by atomic mass is 9.82. The van der Waals surface area contributed by atoms with Crippen molar-refractivity contribution in [3.05, 3.63) is 105 Å². The number of benzene rings is 4. The third-order valence-electron chi connectivity index (χ3n) is 9.89. The summed E-state index contributed by atoms with van der Waals surface area (Å²) in [7, 11) is 0. The Morgan fingerprint density at radius 1 is 0.438 bits per heavy atom. The van der Waals surface area contributed by atoms with Crippen molar-refractivity contribution < 1.29 is 43.0 Å². The van der Waals surface area contributed by atoms with Gasteiger partial charge in [0, 0.05) is 13.1 Å². The van der Waals surface area contributed by atoms with Gasteiger partial charge in [-0.05, 0) is 134 Å². The Morgan fingerprint density at radius 3 is 0.984 bits per heavy atom. The van der Waals surface area contributed by atoms with Crippen molar-refractivity contribution in [3.8, 4) is 0 Å². The van der Waals surface area contributed by atoms with E-state index in [1.165, 1.54) is 47.0 Å². The molecule has 0 heterocycles. The van der Waals surface area contributed by atoms with Gasteiger partial charge in [0.25, 0.3) is 0 Å². The Hall–Kier alpha value is -7.50. The van der Waals surface area contributed by atoms with Crippen LogP contribution in [0.5, 0.6) is 0 Å². The lowest BCUT2D eigenvalue weighted by Gasteiger charge is -2.26. The van der Waals surface area contributed by atoms with Gasteiger partial charge in [-0.1, -0.05) is 27.7 Å². The molecular weight excluding hydrogens is 823 g/mol. The van der Waals surface area contributed by atoms with E-state index in [0.717, 1.165) is 36.0 Å². The van der Waals surface area contributed by atoms with Crippen LogP contribution in [0.1, 0.15) is 113 Å². The molecule has 18 heteroatoms. The Morgan fingerprint density at radius 2 is 0.719 bits per heavy atom. The Bertz CT molecular complexity index is 2220. The summed E-state index contributed by atoms with van der Waals surface area (Å²) in [6.07, 6.45) is 3.03. The van der Waals surface area contributed by atoms with Gasteiger partial charge in [0.2, 0.25) is 0 Å². The molecule has 0 bridgehead atoms. The molecule has 0 saturated carbocycles. The van der Waals surface area contributed by atoms with E-state index in [4.69, 9.17) is 37.1 Å². The zero-order valence-electron chi connectivity index (χ0n) is 37.5. The summed E-state index contributed by atoms with van der Waals surface area (Å²) in [6, 6.07) is 12.0. The second kappa shape index (κ2) is 24.8. The fourth-order valence-corrected chi connectivity index (χ4v) is 7.08. The zero-order chi connectivity index (χ0) is 47.5. The first-order valence-corrected chi connectivity index (χ1v) is 21.1. The molecule has 0 aliphatic rings. The van der Waals surface area contributed by atoms with E-state index in [9.17, 15) is 28.8 Å². The fourth-order valence-electron chi connectivity index (χ4n) is 7.08. The Labute approximate surface area is 373 Å². The molecule has 13 N–H and O–H groups in total. The first-order chi connectivity index (χ1) is 30.6. The standard InChI is InChI=1S/C36H48N6O6.C10H13N3O3/c1-7-23-24(8-2)27(19-39-35(45)41-31-15-13-21(17-29(31)37)33(43)47-11-5)26(10-4)28(25(23)9-3)20-40-36(46)42-32-16-14-22(18-30(32)38)34(44)48-12-6;1-2-16-9(14)6-3-4-8(7(11)5-6)13-10(12)15/h13-18H,7-12,19-20,37-38H2,1-6H3,(H2,39,41,45)(H2,40,42,46);3-5H,2,11H2,1H3,(H3,12,13,15). The van der Waals surface area contributed by atoms with Gasteiger partial charge in [0.05, 0.1) is 70.6 Å². The van der Waals surface area contributed by atoms with E-state index in [2.05, 4.69) is 54.3 Å². The number of urea groups is 3. The highest BCUT2D eigenvalue weighted by Crippen LogP contribution is 2.32. The number of primary amides is 1. The number of rotatable bonds is 17. The van der Waals surface area contributed by atoms with Crippen LogP contribution in [-0.2, 0) is 53.0 Å². The number of hydrogen-bond acceptors (Lipinski definition) is 12. The van der Waals surface area contributed by atoms with Crippen molar-refractivity contribution in [2.75, 3.05) is 53.0 Å². The molecule has 4 rings (SSSR count). The van der Waals surface area contributed by atoms with Gasteiger partial charge in [0.15, 0.2) is 0 Å². The number of ether oxygens (including phenoxy) is 3. The minimum absolute atomic E-state index is 0.239. The first-order valence-electron chi connectivity index (χ1n) is 21.1. The summed E-state index contributed by atoms with van der Waals surface area (Å²) >= 11 is 0. The molecular formula is C46H61N9O9. The molecule has 18 nitrogen and oxygen atoms in total. The summed E-state index contributed by atoms with van der Waals surface area (Å²) in [4.78, 5) is 72.1. The molecule has 4 aromatic rings. The third-order valence-corrected chi connectivity index (χ3v) is 9.89. The molecule has 0 aliphatic heterocycles. The monoisotopic (exact) mass is 883 g/mol. The van der Waals surface area contributed by atoms with Crippen molar-refractivity contribution >= 4 is 70.1 Å². The van der Waals surface area contributed by atoms with Gasteiger partial charge in [-0.2, -0.15) is 0 Å². The van der Waals surface area contributed by atoms with Gasteiger partial charge >= 0.3 is 36.0 Å². The summed E-state index contributed by atoms with van der Waals surface area (Å²) in [5.41, 5.74) is 32.3. The van der Waals surface area contributed by atoms with Gasteiger partial charge in [0.1, 0.15) is 0 Å². The maximum absolute atomic E-state index is 13.1. The van der Waals surface area contributed by atoms with E-state index in [1.54, 1.807) is 45.0 Å². The molecule has 0 radical (unpaired) electrons. The highest BCUT2D eigenvalue weighted by atomic mass is 16.5. The van der Waals surface area contributed by atoms with E-state index in [-0.39, 0.29) is 43.4 Å². The zero-order valence-corrected chi connectivity index (χ0v) is 37.5. The topological polar surface area (TPSA) is 294 Å². The normalized spacial score (nSPS) is 10.4. The average Bonchev–Trinajstić information content (AvgIpc) is 3.26. The maximum atomic E-state index is 13.1. The first kappa shape index (κ1) is 50.9. The smallest absolute Gasteiger partial charge is 0.338 e. The number of carbonyl (C=O) groups is 6. The Kier molecular flexibility index (Phi) is 19.7. The third kappa shape index (κ3) is 13.8. The predicted octanol–water partition coefficient (Wildman–Crippen LogP) is 7.03. The number of nitrogens with two attached hydrogens (primary N) is 4. The summed E-state index contributed by atoms with van der Waals surface area (Å²) in [5.74, 6) is -1.43. The lowest BCUT2D eigenvalue weighted by Crippen LogP contribution is -2.32.